The van der Waals surface area contributed by atoms with E-state index in [1.54, 1.807) is 0 Å². The second kappa shape index (κ2) is 5.87. The van der Waals surface area contributed by atoms with Crippen molar-refractivity contribution in [1.29, 1.82) is 0 Å². The molecule has 1 saturated carbocycles. The van der Waals surface area contributed by atoms with E-state index in [1.807, 2.05) is 0 Å². The van der Waals surface area contributed by atoms with Crippen LogP contribution >= 0.6 is 0 Å². The molecule has 0 spiro atoms. The molecule has 0 bridgehead atoms. The first-order valence-electron chi connectivity index (χ1n) is 6.53. The summed E-state index contributed by atoms with van der Waals surface area (Å²) in [5, 5.41) is 22.7. The molecule has 0 radical (unpaired) electrons. The lowest BCUT2D eigenvalue weighted by Crippen LogP contribution is -2.40. The van der Waals surface area contributed by atoms with Crippen molar-refractivity contribution in [2.24, 2.45) is 11.7 Å². The van der Waals surface area contributed by atoms with Crippen LogP contribution in [0.2, 0.25) is 0 Å². The van der Waals surface area contributed by atoms with Gasteiger partial charge < -0.3 is 16.2 Å². The Morgan fingerprint density at radius 2 is 2.10 bits per heavy atom. The fourth-order valence-corrected chi connectivity index (χ4v) is 2.49. The summed E-state index contributed by atoms with van der Waals surface area (Å²) < 4.78 is 0. The lowest BCUT2D eigenvalue weighted by Gasteiger charge is -2.27. The van der Waals surface area contributed by atoms with Crippen molar-refractivity contribution < 1.29 is 14.8 Å². The molecule has 0 saturated heterocycles. The van der Waals surface area contributed by atoms with E-state index in [0.717, 1.165) is 25.3 Å². The standard InChI is InChI=1S/C13H17N3O4/c14-10-4-2-1-3-9(10)13(18)15-11-6-5-8(17)7-12(11)16(19)20/h5-7,9-10,17H,1-4,14H2,(H,15,18). The number of hydrogen-bond acceptors (Lipinski definition) is 5. The molecule has 1 aliphatic rings. The van der Waals surface area contributed by atoms with Crippen LogP contribution in [0.5, 0.6) is 5.75 Å². The summed E-state index contributed by atoms with van der Waals surface area (Å²) in [5.41, 5.74) is 5.67. The number of hydrogen-bond donors (Lipinski definition) is 3. The minimum atomic E-state index is -0.643. The van der Waals surface area contributed by atoms with Crippen molar-refractivity contribution in [3.05, 3.63) is 28.3 Å². The monoisotopic (exact) mass is 279 g/mol. The SMILES string of the molecule is NC1CCCCC1C(=O)Nc1ccc(O)cc1[N+](=O)[O-]. The van der Waals surface area contributed by atoms with E-state index >= 15 is 0 Å². The number of phenols is 1. The van der Waals surface area contributed by atoms with Crippen LogP contribution in [0.25, 0.3) is 0 Å². The van der Waals surface area contributed by atoms with Crippen LogP contribution in [0.15, 0.2) is 18.2 Å². The Labute approximate surface area is 115 Å². The summed E-state index contributed by atoms with van der Waals surface area (Å²) >= 11 is 0. The van der Waals surface area contributed by atoms with Gasteiger partial charge >= 0.3 is 0 Å². The summed E-state index contributed by atoms with van der Waals surface area (Å²) in [6.45, 7) is 0. The van der Waals surface area contributed by atoms with Gasteiger partial charge in [-0.15, -0.1) is 0 Å². The average Bonchev–Trinajstić information content (AvgIpc) is 2.41. The van der Waals surface area contributed by atoms with E-state index < -0.39 is 4.92 Å². The van der Waals surface area contributed by atoms with Crippen LogP contribution in [0.1, 0.15) is 25.7 Å². The number of amides is 1. The summed E-state index contributed by atoms with van der Waals surface area (Å²) in [6.07, 6.45) is 3.42. The summed E-state index contributed by atoms with van der Waals surface area (Å²) in [6, 6.07) is 3.42. The fraction of sp³-hybridized carbons (Fsp3) is 0.462. The normalized spacial score (nSPS) is 22.2. The van der Waals surface area contributed by atoms with E-state index in [9.17, 15) is 20.0 Å². The molecule has 1 aromatic rings. The van der Waals surface area contributed by atoms with Gasteiger partial charge in [-0.1, -0.05) is 12.8 Å². The van der Waals surface area contributed by atoms with Crippen LogP contribution in [0, 0.1) is 16.0 Å². The van der Waals surface area contributed by atoms with Crippen molar-refractivity contribution in [2.45, 2.75) is 31.7 Å². The molecule has 4 N–H and O–H groups in total. The topological polar surface area (TPSA) is 118 Å². The zero-order chi connectivity index (χ0) is 14.7. The summed E-state index contributed by atoms with van der Waals surface area (Å²) in [7, 11) is 0. The predicted molar refractivity (Wildman–Crippen MR) is 73.3 cm³/mol. The van der Waals surface area contributed by atoms with Crippen LogP contribution < -0.4 is 11.1 Å². The minimum Gasteiger partial charge on any atom is -0.508 e. The third kappa shape index (κ3) is 3.05. The second-order valence-corrected chi connectivity index (χ2v) is 5.00. The van der Waals surface area contributed by atoms with Crippen molar-refractivity contribution in [1.82, 2.24) is 0 Å². The van der Waals surface area contributed by atoms with Crippen LogP contribution in [0.4, 0.5) is 11.4 Å². The third-order valence-electron chi connectivity index (χ3n) is 3.59. The first-order valence-corrected chi connectivity index (χ1v) is 6.53. The lowest BCUT2D eigenvalue weighted by molar-refractivity contribution is -0.384. The van der Waals surface area contributed by atoms with Gasteiger partial charge in [0.15, 0.2) is 0 Å². The molecule has 2 unspecified atom stereocenters. The number of anilines is 1. The van der Waals surface area contributed by atoms with Gasteiger partial charge in [-0.25, -0.2) is 0 Å². The van der Waals surface area contributed by atoms with Crippen molar-refractivity contribution in [3.63, 3.8) is 0 Å². The molecule has 1 amide bonds. The highest BCUT2D eigenvalue weighted by atomic mass is 16.6. The zero-order valence-electron chi connectivity index (χ0n) is 10.9. The lowest BCUT2D eigenvalue weighted by atomic mass is 9.84. The number of nitrogens with zero attached hydrogens (tertiary/aromatic N) is 1. The maximum Gasteiger partial charge on any atom is 0.296 e. The van der Waals surface area contributed by atoms with Crippen LogP contribution in [-0.2, 0) is 4.79 Å². The average molecular weight is 279 g/mol. The smallest absolute Gasteiger partial charge is 0.296 e. The van der Waals surface area contributed by atoms with Crippen molar-refractivity contribution in [2.75, 3.05) is 5.32 Å². The van der Waals surface area contributed by atoms with Crippen LogP contribution in [0.3, 0.4) is 0 Å². The van der Waals surface area contributed by atoms with E-state index in [1.165, 1.54) is 12.1 Å². The van der Waals surface area contributed by atoms with Gasteiger partial charge in [-0.05, 0) is 25.0 Å². The van der Waals surface area contributed by atoms with Gasteiger partial charge in [0.1, 0.15) is 11.4 Å². The fourth-order valence-electron chi connectivity index (χ4n) is 2.49. The maximum absolute atomic E-state index is 12.2. The Bertz CT molecular complexity index is 532. The Morgan fingerprint density at radius 1 is 1.40 bits per heavy atom. The number of nitro groups is 1. The van der Waals surface area contributed by atoms with Gasteiger partial charge in [-0.3, -0.25) is 14.9 Å². The molecule has 2 atom stereocenters. The molecule has 0 aliphatic heterocycles. The Morgan fingerprint density at radius 3 is 2.75 bits per heavy atom. The summed E-state index contributed by atoms with van der Waals surface area (Å²) in [5.74, 6) is -0.841. The number of aromatic hydroxyl groups is 1. The minimum absolute atomic E-state index is 0.0792. The molecule has 2 rings (SSSR count). The first-order chi connectivity index (χ1) is 9.49. The van der Waals surface area contributed by atoms with Gasteiger partial charge in [0.25, 0.3) is 5.69 Å². The van der Waals surface area contributed by atoms with Gasteiger partial charge in [0.2, 0.25) is 5.91 Å². The molecule has 7 nitrogen and oxygen atoms in total. The van der Waals surface area contributed by atoms with E-state index in [4.69, 9.17) is 5.73 Å². The molecule has 1 fully saturated rings. The zero-order valence-corrected chi connectivity index (χ0v) is 10.9. The molecular formula is C13H17N3O4. The molecule has 7 heteroatoms. The highest BCUT2D eigenvalue weighted by molar-refractivity contribution is 5.95. The number of carbonyl (C=O) groups excluding carboxylic acids is 1. The molecule has 1 aromatic carbocycles. The van der Waals surface area contributed by atoms with E-state index in [2.05, 4.69) is 5.32 Å². The second-order valence-electron chi connectivity index (χ2n) is 5.00. The van der Waals surface area contributed by atoms with Crippen LogP contribution in [-0.4, -0.2) is 22.0 Å². The first kappa shape index (κ1) is 14.3. The van der Waals surface area contributed by atoms with Crippen molar-refractivity contribution >= 4 is 17.3 Å². The number of rotatable bonds is 3. The molecule has 0 heterocycles. The number of carbonyl (C=O) groups is 1. The maximum atomic E-state index is 12.2. The van der Waals surface area contributed by atoms with Gasteiger partial charge in [0, 0.05) is 6.04 Å². The number of phenolic OH excluding ortho intramolecular Hbond substituents is 1. The van der Waals surface area contributed by atoms with Gasteiger partial charge in [0.05, 0.1) is 16.9 Å². The molecule has 0 aromatic heterocycles. The Hall–Kier alpha value is -2.15. The highest BCUT2D eigenvalue weighted by Gasteiger charge is 2.29. The predicted octanol–water partition coefficient (Wildman–Crippen LogP) is 1.76. The molecule has 1 aliphatic carbocycles. The highest BCUT2D eigenvalue weighted by Crippen LogP contribution is 2.30. The van der Waals surface area contributed by atoms with E-state index in [-0.39, 0.29) is 35.0 Å². The van der Waals surface area contributed by atoms with E-state index in [0.29, 0.717) is 6.42 Å². The molecule has 20 heavy (non-hydrogen) atoms. The largest absolute Gasteiger partial charge is 0.508 e. The van der Waals surface area contributed by atoms with Gasteiger partial charge in [-0.2, -0.15) is 0 Å². The summed E-state index contributed by atoms with van der Waals surface area (Å²) in [4.78, 5) is 22.4. The Balaban J connectivity index is 2.17. The number of nitro benzene ring substituents is 1. The number of nitrogens with one attached hydrogen (secondary N) is 1. The Kier molecular flexibility index (Phi) is 4.19. The number of nitrogens with two attached hydrogens (primary N) is 1. The molecule has 108 valence electrons. The molecular weight excluding hydrogens is 262 g/mol. The van der Waals surface area contributed by atoms with Crippen molar-refractivity contribution in [3.8, 4) is 5.75 Å². The quantitative estimate of drug-likeness (QED) is 0.442. The number of benzene rings is 1. The third-order valence-corrected chi connectivity index (χ3v) is 3.59.